The molecule has 5 nitrogen and oxygen atoms in total. The van der Waals surface area contributed by atoms with Gasteiger partial charge in [0.05, 0.1) is 4.47 Å². The van der Waals surface area contributed by atoms with Crippen molar-refractivity contribution >= 4 is 26.9 Å². The molecule has 0 saturated carbocycles. The SMILES string of the molecule is NNC(c1cncnc1)c1cc2cccc(Br)c2o1. The lowest BCUT2D eigenvalue weighted by atomic mass is 10.1. The smallest absolute Gasteiger partial charge is 0.148 e. The molecule has 6 heteroatoms. The summed E-state index contributed by atoms with van der Waals surface area (Å²) in [4.78, 5) is 7.99. The third-order valence-corrected chi connectivity index (χ3v) is 3.50. The summed E-state index contributed by atoms with van der Waals surface area (Å²) < 4.78 is 6.77. The Kier molecular flexibility index (Phi) is 3.29. The molecule has 0 fully saturated rings. The van der Waals surface area contributed by atoms with Gasteiger partial charge < -0.3 is 4.42 Å². The predicted molar refractivity (Wildman–Crippen MR) is 75.1 cm³/mol. The highest BCUT2D eigenvalue weighted by Gasteiger charge is 2.18. The van der Waals surface area contributed by atoms with E-state index in [2.05, 4.69) is 31.3 Å². The van der Waals surface area contributed by atoms with Crippen molar-refractivity contribution < 1.29 is 4.42 Å². The van der Waals surface area contributed by atoms with E-state index in [4.69, 9.17) is 10.3 Å². The molecular weight excluding hydrogens is 308 g/mol. The predicted octanol–water partition coefficient (Wildman–Crippen LogP) is 2.54. The molecule has 2 aromatic heterocycles. The summed E-state index contributed by atoms with van der Waals surface area (Å²) in [5.74, 6) is 6.34. The molecule has 0 amide bonds. The van der Waals surface area contributed by atoms with Crippen molar-refractivity contribution in [3.8, 4) is 0 Å². The van der Waals surface area contributed by atoms with Crippen molar-refractivity contribution in [3.63, 3.8) is 0 Å². The van der Waals surface area contributed by atoms with Gasteiger partial charge >= 0.3 is 0 Å². The monoisotopic (exact) mass is 318 g/mol. The van der Waals surface area contributed by atoms with Crippen molar-refractivity contribution in [1.29, 1.82) is 0 Å². The van der Waals surface area contributed by atoms with Crippen molar-refractivity contribution in [2.45, 2.75) is 6.04 Å². The lowest BCUT2D eigenvalue weighted by Gasteiger charge is -2.12. The number of hydrogen-bond donors (Lipinski definition) is 2. The Hall–Kier alpha value is -1.76. The summed E-state index contributed by atoms with van der Waals surface area (Å²) >= 11 is 3.47. The minimum atomic E-state index is -0.277. The van der Waals surface area contributed by atoms with Gasteiger partial charge in [0.2, 0.25) is 0 Å². The van der Waals surface area contributed by atoms with Crippen molar-refractivity contribution in [1.82, 2.24) is 15.4 Å². The van der Waals surface area contributed by atoms with Crippen LogP contribution >= 0.6 is 15.9 Å². The molecule has 1 aromatic carbocycles. The number of para-hydroxylation sites is 1. The Morgan fingerprint density at radius 3 is 2.74 bits per heavy atom. The number of furan rings is 1. The molecule has 0 saturated heterocycles. The molecule has 3 aromatic rings. The fourth-order valence-corrected chi connectivity index (χ4v) is 2.45. The maximum atomic E-state index is 5.86. The van der Waals surface area contributed by atoms with Crippen LogP contribution in [0, 0.1) is 0 Å². The molecule has 0 aliphatic heterocycles. The second-order valence-corrected chi connectivity index (χ2v) is 4.93. The fourth-order valence-electron chi connectivity index (χ4n) is 1.99. The number of nitrogens with two attached hydrogens (primary N) is 1. The minimum Gasteiger partial charge on any atom is -0.458 e. The summed E-state index contributed by atoms with van der Waals surface area (Å²) in [7, 11) is 0. The molecule has 0 aliphatic carbocycles. The summed E-state index contributed by atoms with van der Waals surface area (Å²) in [5.41, 5.74) is 4.37. The van der Waals surface area contributed by atoms with Crippen LogP contribution in [-0.4, -0.2) is 9.97 Å². The Balaban J connectivity index is 2.09. The van der Waals surface area contributed by atoms with Gasteiger partial charge in [-0.3, -0.25) is 5.84 Å². The Morgan fingerprint density at radius 1 is 1.26 bits per heavy atom. The van der Waals surface area contributed by atoms with Gasteiger partial charge in [-0.05, 0) is 28.1 Å². The molecule has 19 heavy (non-hydrogen) atoms. The average molecular weight is 319 g/mol. The van der Waals surface area contributed by atoms with E-state index in [1.807, 2.05) is 24.3 Å². The van der Waals surface area contributed by atoms with Crippen LogP contribution in [0.1, 0.15) is 17.4 Å². The normalized spacial score (nSPS) is 12.7. The summed E-state index contributed by atoms with van der Waals surface area (Å²) in [5, 5.41) is 1.02. The zero-order chi connectivity index (χ0) is 13.2. The number of nitrogens with zero attached hydrogens (tertiary/aromatic N) is 2. The summed E-state index contributed by atoms with van der Waals surface area (Å²) in [6, 6.07) is 7.56. The van der Waals surface area contributed by atoms with E-state index in [9.17, 15) is 0 Å². The number of nitrogens with one attached hydrogen (secondary N) is 1. The molecule has 96 valence electrons. The maximum absolute atomic E-state index is 5.86. The van der Waals surface area contributed by atoms with Gasteiger partial charge in [0, 0.05) is 23.3 Å². The van der Waals surface area contributed by atoms with Gasteiger partial charge in [0.15, 0.2) is 0 Å². The maximum Gasteiger partial charge on any atom is 0.148 e. The Bertz CT molecular complexity index is 698. The van der Waals surface area contributed by atoms with E-state index < -0.39 is 0 Å². The highest BCUT2D eigenvalue weighted by atomic mass is 79.9. The van der Waals surface area contributed by atoms with Crippen molar-refractivity contribution in [2.75, 3.05) is 0 Å². The fraction of sp³-hybridized carbons (Fsp3) is 0.0769. The van der Waals surface area contributed by atoms with Crippen LogP contribution in [0.15, 0.2) is 51.9 Å². The van der Waals surface area contributed by atoms with Crippen LogP contribution in [0.2, 0.25) is 0 Å². The quantitative estimate of drug-likeness (QED) is 0.573. The van der Waals surface area contributed by atoms with E-state index in [0.717, 1.165) is 26.8 Å². The summed E-state index contributed by atoms with van der Waals surface area (Å²) in [6.07, 6.45) is 4.89. The molecule has 0 bridgehead atoms. The summed E-state index contributed by atoms with van der Waals surface area (Å²) in [6.45, 7) is 0. The number of aromatic nitrogens is 2. The van der Waals surface area contributed by atoms with E-state index in [1.54, 1.807) is 12.4 Å². The molecule has 3 rings (SSSR count). The van der Waals surface area contributed by atoms with Crippen molar-refractivity contribution in [2.24, 2.45) is 5.84 Å². The number of hydrogen-bond acceptors (Lipinski definition) is 5. The van der Waals surface area contributed by atoms with E-state index in [-0.39, 0.29) is 6.04 Å². The molecule has 0 radical (unpaired) electrons. The molecule has 0 aliphatic rings. The third kappa shape index (κ3) is 2.25. The molecule has 1 unspecified atom stereocenters. The number of rotatable bonds is 3. The highest BCUT2D eigenvalue weighted by Crippen LogP contribution is 2.31. The Morgan fingerprint density at radius 2 is 2.05 bits per heavy atom. The average Bonchev–Trinajstić information content (AvgIpc) is 2.86. The molecule has 0 spiro atoms. The standard InChI is InChI=1S/C13H11BrN4O/c14-10-3-1-2-8-4-11(19-13(8)10)12(18-15)9-5-16-7-17-6-9/h1-7,12,18H,15H2. The van der Waals surface area contributed by atoms with Crippen LogP contribution in [0.3, 0.4) is 0 Å². The van der Waals surface area contributed by atoms with Crippen LogP contribution < -0.4 is 11.3 Å². The largest absolute Gasteiger partial charge is 0.458 e. The molecule has 2 heterocycles. The van der Waals surface area contributed by atoms with Crippen molar-refractivity contribution in [3.05, 3.63) is 58.8 Å². The van der Waals surface area contributed by atoms with Crippen LogP contribution in [0.4, 0.5) is 0 Å². The number of hydrazine groups is 1. The first-order valence-electron chi connectivity index (χ1n) is 5.68. The van der Waals surface area contributed by atoms with Crippen LogP contribution in [0.5, 0.6) is 0 Å². The lowest BCUT2D eigenvalue weighted by Crippen LogP contribution is -2.28. The van der Waals surface area contributed by atoms with Crippen LogP contribution in [-0.2, 0) is 0 Å². The molecule has 3 N–H and O–H groups in total. The first-order valence-corrected chi connectivity index (χ1v) is 6.48. The highest BCUT2D eigenvalue weighted by molar-refractivity contribution is 9.10. The van der Waals surface area contributed by atoms with Gasteiger partial charge in [0.25, 0.3) is 0 Å². The zero-order valence-electron chi connectivity index (χ0n) is 9.88. The molecular formula is C13H11BrN4O. The Labute approximate surface area is 117 Å². The second-order valence-electron chi connectivity index (χ2n) is 4.08. The van der Waals surface area contributed by atoms with Gasteiger partial charge in [-0.15, -0.1) is 0 Å². The molecule has 1 atom stereocenters. The third-order valence-electron chi connectivity index (χ3n) is 2.88. The van der Waals surface area contributed by atoms with E-state index in [1.165, 1.54) is 6.33 Å². The van der Waals surface area contributed by atoms with Gasteiger partial charge in [0.1, 0.15) is 23.7 Å². The van der Waals surface area contributed by atoms with Crippen LogP contribution in [0.25, 0.3) is 11.0 Å². The van der Waals surface area contributed by atoms with Gasteiger partial charge in [-0.2, -0.15) is 0 Å². The topological polar surface area (TPSA) is 77.0 Å². The first-order chi connectivity index (χ1) is 9.29. The second kappa shape index (κ2) is 5.08. The lowest BCUT2D eigenvalue weighted by molar-refractivity contribution is 0.475. The van der Waals surface area contributed by atoms with Gasteiger partial charge in [-0.1, -0.05) is 12.1 Å². The van der Waals surface area contributed by atoms with Gasteiger partial charge in [-0.25, -0.2) is 15.4 Å². The number of fused-ring (bicyclic) bond motifs is 1. The van der Waals surface area contributed by atoms with E-state index >= 15 is 0 Å². The number of benzene rings is 1. The first kappa shape index (κ1) is 12.3. The number of halogens is 1. The minimum absolute atomic E-state index is 0.277. The van der Waals surface area contributed by atoms with E-state index in [0.29, 0.717) is 0 Å². The zero-order valence-corrected chi connectivity index (χ0v) is 11.5.